The van der Waals surface area contributed by atoms with Crippen molar-refractivity contribution >= 4 is 28.7 Å². The van der Waals surface area contributed by atoms with E-state index in [0.29, 0.717) is 50.8 Å². The monoisotopic (exact) mass is 527 g/mol. The van der Waals surface area contributed by atoms with Crippen LogP contribution in [0.4, 0.5) is 10.1 Å². The van der Waals surface area contributed by atoms with Gasteiger partial charge >= 0.3 is 11.8 Å². The van der Waals surface area contributed by atoms with Crippen molar-refractivity contribution in [2.45, 2.75) is 39.7 Å². The number of aromatic amines is 1. The largest absolute Gasteiger partial charge is 0.344 e. The second kappa shape index (κ2) is 10.1. The highest BCUT2D eigenvalue weighted by Gasteiger charge is 2.24. The van der Waals surface area contributed by atoms with Crippen LogP contribution in [0.1, 0.15) is 49.8 Å². The van der Waals surface area contributed by atoms with Gasteiger partial charge in [0.1, 0.15) is 17.2 Å². The maximum atomic E-state index is 15.1. The van der Waals surface area contributed by atoms with Crippen LogP contribution in [-0.2, 0) is 16.8 Å². The van der Waals surface area contributed by atoms with E-state index in [1.807, 2.05) is 39.0 Å². The summed E-state index contributed by atoms with van der Waals surface area (Å²) in [6, 6.07) is 13.8. The Morgan fingerprint density at radius 3 is 2.56 bits per heavy atom. The zero-order valence-electron chi connectivity index (χ0n) is 21.8. The molecule has 0 bridgehead atoms. The molecule has 5 aromatic rings. The number of hydrogen-bond acceptors (Lipinski definition) is 7. The lowest BCUT2D eigenvalue weighted by atomic mass is 9.96. The van der Waals surface area contributed by atoms with Crippen LogP contribution >= 0.6 is 0 Å². The van der Waals surface area contributed by atoms with Gasteiger partial charge in [0, 0.05) is 41.8 Å². The molecule has 2 aromatic carbocycles. The number of amides is 2. The van der Waals surface area contributed by atoms with E-state index in [4.69, 9.17) is 9.51 Å². The summed E-state index contributed by atoms with van der Waals surface area (Å²) in [5.41, 5.74) is 3.57. The molecule has 5 rings (SSSR count). The number of anilines is 1. The number of pyridine rings is 1. The third-order valence-corrected chi connectivity index (χ3v) is 5.97. The topological polar surface area (TPSA) is 139 Å². The van der Waals surface area contributed by atoms with Crippen molar-refractivity contribution in [3.8, 4) is 22.5 Å². The van der Waals surface area contributed by atoms with Crippen molar-refractivity contribution in [1.82, 2.24) is 30.4 Å². The van der Waals surface area contributed by atoms with Crippen molar-refractivity contribution < 1.29 is 18.5 Å². The minimum absolute atomic E-state index is 0.0591. The predicted octanol–water partition coefficient (Wildman–Crippen LogP) is 5.00. The van der Waals surface area contributed by atoms with Gasteiger partial charge in [0.05, 0.1) is 5.69 Å². The zero-order valence-corrected chi connectivity index (χ0v) is 21.8. The van der Waals surface area contributed by atoms with Crippen molar-refractivity contribution in [1.29, 1.82) is 0 Å². The summed E-state index contributed by atoms with van der Waals surface area (Å²) in [6.45, 7) is 7.09. The summed E-state index contributed by atoms with van der Waals surface area (Å²) >= 11 is 0. The zero-order chi connectivity index (χ0) is 27.7. The molecule has 11 heteroatoms. The fraction of sp³-hybridized carbons (Fsp3) is 0.214. The molecule has 0 aliphatic rings. The van der Waals surface area contributed by atoms with Crippen LogP contribution in [0.25, 0.3) is 33.7 Å². The van der Waals surface area contributed by atoms with Crippen LogP contribution in [0.3, 0.4) is 0 Å². The third kappa shape index (κ3) is 5.37. The molecule has 0 radical (unpaired) electrons. The minimum Gasteiger partial charge on any atom is -0.344 e. The van der Waals surface area contributed by atoms with Crippen molar-refractivity contribution in [3.05, 3.63) is 77.8 Å². The number of H-pyrrole nitrogens is 1. The Morgan fingerprint density at radius 1 is 1.05 bits per heavy atom. The molecule has 198 valence electrons. The number of nitrogens with one attached hydrogen (secondary N) is 3. The number of imidazole rings is 1. The highest BCUT2D eigenvalue weighted by atomic mass is 19.1. The minimum atomic E-state index is -0.582. The average Bonchev–Trinajstić information content (AvgIpc) is 3.55. The molecular formula is C28H26FN7O3. The van der Waals surface area contributed by atoms with Gasteiger partial charge in [0.2, 0.25) is 5.91 Å². The Balaban J connectivity index is 1.38. The fourth-order valence-electron chi connectivity index (χ4n) is 3.99. The number of carbonyl (C=O) groups is 2. The smallest absolute Gasteiger partial charge is 0.315 e. The van der Waals surface area contributed by atoms with Gasteiger partial charge in [-0.15, -0.1) is 0 Å². The molecular weight excluding hydrogens is 501 g/mol. The number of fused-ring (bicyclic) bond motifs is 1. The van der Waals surface area contributed by atoms with Crippen molar-refractivity contribution in [3.63, 3.8) is 0 Å². The van der Waals surface area contributed by atoms with E-state index in [0.717, 1.165) is 0 Å². The summed E-state index contributed by atoms with van der Waals surface area (Å²) in [5, 5.41) is 9.26. The first-order chi connectivity index (χ1) is 18.6. The van der Waals surface area contributed by atoms with Gasteiger partial charge in [-0.25, -0.2) is 14.4 Å². The second-order valence-corrected chi connectivity index (χ2v) is 10.0. The quantitative estimate of drug-likeness (QED) is 0.282. The van der Waals surface area contributed by atoms with Gasteiger partial charge in [0.15, 0.2) is 11.5 Å². The number of halogens is 1. The summed E-state index contributed by atoms with van der Waals surface area (Å²) in [6.07, 6.45) is 1.61. The molecule has 0 unspecified atom stereocenters. The van der Waals surface area contributed by atoms with Crippen LogP contribution in [0.5, 0.6) is 0 Å². The molecule has 3 N–H and O–H groups in total. The van der Waals surface area contributed by atoms with E-state index < -0.39 is 11.7 Å². The standard InChI is InChI=1S/C28H26FN7O3/c1-15(37)32-21-8-6-5-7-19(21)23-33-22-18(11-12-30-24(22)34-23)16-9-10-17(20(29)13-16)14-31-25(38)26-35-27(36-39-26)28(2,3)4/h5-13H,14H2,1-4H3,(H,31,38)(H,32,37)(H,30,33,34). The molecule has 3 aromatic heterocycles. The van der Waals surface area contributed by atoms with Gasteiger partial charge in [-0.05, 0) is 29.8 Å². The van der Waals surface area contributed by atoms with Gasteiger partial charge in [-0.3, -0.25) is 9.59 Å². The Bertz CT molecular complexity index is 1700. The van der Waals surface area contributed by atoms with E-state index in [1.54, 1.807) is 30.5 Å². The summed E-state index contributed by atoms with van der Waals surface area (Å²) in [4.78, 5) is 40.5. The molecule has 0 spiro atoms. The molecule has 0 saturated carbocycles. The van der Waals surface area contributed by atoms with Crippen LogP contribution in [0.15, 0.2) is 59.3 Å². The lowest BCUT2D eigenvalue weighted by Crippen LogP contribution is -2.24. The highest BCUT2D eigenvalue weighted by Crippen LogP contribution is 2.32. The highest BCUT2D eigenvalue weighted by molar-refractivity contribution is 5.96. The van der Waals surface area contributed by atoms with E-state index in [1.165, 1.54) is 13.0 Å². The number of carbonyl (C=O) groups excluding carboxylic acids is 2. The SMILES string of the molecule is CC(=O)Nc1ccccc1-c1nc2c(-c3ccc(CNC(=O)c4nc(C(C)(C)C)no4)c(F)c3)ccnc2[nH]1. The molecule has 39 heavy (non-hydrogen) atoms. The maximum absolute atomic E-state index is 15.1. The summed E-state index contributed by atoms with van der Waals surface area (Å²) in [7, 11) is 0. The first-order valence-corrected chi connectivity index (χ1v) is 12.2. The number of rotatable bonds is 6. The number of hydrogen-bond donors (Lipinski definition) is 3. The Hall–Kier alpha value is -4.93. The van der Waals surface area contributed by atoms with Gasteiger partial charge in [0.25, 0.3) is 0 Å². The van der Waals surface area contributed by atoms with E-state index in [9.17, 15) is 9.59 Å². The normalized spacial score (nSPS) is 11.5. The molecule has 0 fully saturated rings. The second-order valence-electron chi connectivity index (χ2n) is 10.0. The molecule has 0 atom stereocenters. The maximum Gasteiger partial charge on any atom is 0.315 e. The van der Waals surface area contributed by atoms with Gasteiger partial charge < -0.3 is 20.1 Å². The molecule has 10 nitrogen and oxygen atoms in total. The third-order valence-electron chi connectivity index (χ3n) is 5.97. The Morgan fingerprint density at radius 2 is 1.85 bits per heavy atom. The number of para-hydroxylation sites is 1. The fourth-order valence-corrected chi connectivity index (χ4v) is 3.99. The number of benzene rings is 2. The van der Waals surface area contributed by atoms with E-state index >= 15 is 4.39 Å². The summed E-state index contributed by atoms with van der Waals surface area (Å²) < 4.78 is 20.2. The average molecular weight is 528 g/mol. The molecule has 3 heterocycles. The first-order valence-electron chi connectivity index (χ1n) is 12.2. The van der Waals surface area contributed by atoms with Crippen LogP contribution in [-0.4, -0.2) is 36.9 Å². The molecule has 0 aliphatic heterocycles. The van der Waals surface area contributed by atoms with Crippen LogP contribution in [0.2, 0.25) is 0 Å². The first kappa shape index (κ1) is 25.7. The number of aromatic nitrogens is 5. The number of nitrogens with zero attached hydrogens (tertiary/aromatic N) is 4. The van der Waals surface area contributed by atoms with Crippen LogP contribution < -0.4 is 10.6 Å². The lowest BCUT2D eigenvalue weighted by molar-refractivity contribution is -0.114. The Labute approximate surface area is 223 Å². The lowest BCUT2D eigenvalue weighted by Gasteiger charge is -2.10. The molecule has 0 saturated heterocycles. The van der Waals surface area contributed by atoms with E-state index in [2.05, 4.69) is 30.7 Å². The van der Waals surface area contributed by atoms with Crippen molar-refractivity contribution in [2.24, 2.45) is 0 Å². The summed E-state index contributed by atoms with van der Waals surface area (Å²) in [5.74, 6) is -0.524. The Kier molecular flexibility index (Phi) is 6.65. The molecule has 2 amide bonds. The van der Waals surface area contributed by atoms with Crippen LogP contribution in [0, 0.1) is 5.82 Å². The van der Waals surface area contributed by atoms with Crippen molar-refractivity contribution in [2.75, 3.05) is 5.32 Å². The van der Waals surface area contributed by atoms with Gasteiger partial charge in [-0.2, -0.15) is 4.98 Å². The predicted molar refractivity (Wildman–Crippen MR) is 143 cm³/mol. The van der Waals surface area contributed by atoms with E-state index in [-0.39, 0.29) is 23.8 Å². The van der Waals surface area contributed by atoms with Gasteiger partial charge in [-0.1, -0.05) is 50.2 Å². The molecule has 0 aliphatic carbocycles.